The SMILES string of the molecule is O=C(O)c1ccccc1.OCCCCCCCCCCO. The molecule has 0 amide bonds. The minimum Gasteiger partial charge on any atom is -0.478 e. The second-order valence-corrected chi connectivity index (χ2v) is 4.95. The number of aliphatic hydroxyl groups is 2. The predicted octanol–water partition coefficient (Wildman–Crippen LogP) is 3.48. The van der Waals surface area contributed by atoms with Gasteiger partial charge in [-0.2, -0.15) is 0 Å². The Bertz CT molecular complexity index is 328. The van der Waals surface area contributed by atoms with Gasteiger partial charge in [0.15, 0.2) is 0 Å². The van der Waals surface area contributed by atoms with Gasteiger partial charge < -0.3 is 15.3 Å². The van der Waals surface area contributed by atoms with Crippen molar-refractivity contribution in [1.82, 2.24) is 0 Å². The van der Waals surface area contributed by atoms with Gasteiger partial charge in [0.25, 0.3) is 0 Å². The van der Waals surface area contributed by atoms with E-state index in [0.717, 1.165) is 25.7 Å². The Balaban J connectivity index is 0.000000394. The van der Waals surface area contributed by atoms with E-state index in [1.807, 2.05) is 0 Å². The van der Waals surface area contributed by atoms with Crippen molar-refractivity contribution < 1.29 is 20.1 Å². The first kappa shape index (κ1) is 19.6. The zero-order chi connectivity index (χ0) is 15.8. The zero-order valence-electron chi connectivity index (χ0n) is 12.7. The quantitative estimate of drug-likeness (QED) is 0.578. The molecule has 1 aromatic carbocycles. The van der Waals surface area contributed by atoms with Gasteiger partial charge in [-0.15, -0.1) is 0 Å². The highest BCUT2D eigenvalue weighted by atomic mass is 16.4. The fourth-order valence-corrected chi connectivity index (χ4v) is 1.86. The van der Waals surface area contributed by atoms with Gasteiger partial charge >= 0.3 is 5.97 Å². The molecule has 0 radical (unpaired) electrons. The van der Waals surface area contributed by atoms with Gasteiger partial charge in [0.05, 0.1) is 5.56 Å². The van der Waals surface area contributed by atoms with Crippen LogP contribution in [0.2, 0.25) is 0 Å². The van der Waals surface area contributed by atoms with Crippen LogP contribution in [0.25, 0.3) is 0 Å². The summed E-state index contributed by atoms with van der Waals surface area (Å²) in [6.07, 6.45) is 9.30. The monoisotopic (exact) mass is 296 g/mol. The van der Waals surface area contributed by atoms with Crippen LogP contribution in [0.1, 0.15) is 61.7 Å². The lowest BCUT2D eigenvalue weighted by Crippen LogP contribution is -1.93. The summed E-state index contributed by atoms with van der Waals surface area (Å²) >= 11 is 0. The minimum absolute atomic E-state index is 0.331. The molecule has 0 aliphatic heterocycles. The van der Waals surface area contributed by atoms with Crippen LogP contribution in [0.15, 0.2) is 30.3 Å². The molecule has 4 heteroatoms. The number of hydrogen-bond donors (Lipinski definition) is 3. The average molecular weight is 296 g/mol. The second kappa shape index (κ2) is 15.0. The molecule has 120 valence electrons. The van der Waals surface area contributed by atoms with Crippen LogP contribution in [0.4, 0.5) is 0 Å². The largest absolute Gasteiger partial charge is 0.478 e. The molecule has 0 fully saturated rings. The molecule has 0 bridgehead atoms. The van der Waals surface area contributed by atoms with Crippen LogP contribution < -0.4 is 0 Å². The average Bonchev–Trinajstić information content (AvgIpc) is 2.51. The van der Waals surface area contributed by atoms with Crippen molar-refractivity contribution >= 4 is 5.97 Å². The lowest BCUT2D eigenvalue weighted by molar-refractivity contribution is 0.0697. The molecule has 3 N–H and O–H groups in total. The standard InChI is InChI=1S/C10H22O2.C7H6O2/c11-9-7-5-3-1-2-4-6-8-10-12;8-7(9)6-4-2-1-3-5-6/h11-12H,1-10H2;1-5H,(H,8,9). The van der Waals surface area contributed by atoms with Gasteiger partial charge in [0.1, 0.15) is 0 Å². The Morgan fingerprint density at radius 3 is 1.38 bits per heavy atom. The highest BCUT2D eigenvalue weighted by Crippen LogP contribution is 2.07. The molecule has 0 saturated carbocycles. The molecule has 0 heterocycles. The maximum atomic E-state index is 10.2. The maximum absolute atomic E-state index is 10.2. The van der Waals surface area contributed by atoms with Crippen LogP contribution in [0.3, 0.4) is 0 Å². The number of aliphatic hydroxyl groups excluding tert-OH is 2. The van der Waals surface area contributed by atoms with E-state index >= 15 is 0 Å². The summed E-state index contributed by atoms with van der Waals surface area (Å²) in [4.78, 5) is 10.2. The second-order valence-electron chi connectivity index (χ2n) is 4.95. The van der Waals surface area contributed by atoms with Crippen molar-refractivity contribution in [2.24, 2.45) is 0 Å². The van der Waals surface area contributed by atoms with E-state index in [2.05, 4.69) is 0 Å². The summed E-state index contributed by atoms with van der Waals surface area (Å²) in [6.45, 7) is 0.676. The Labute approximate surface area is 127 Å². The van der Waals surface area contributed by atoms with E-state index in [9.17, 15) is 4.79 Å². The molecule has 21 heavy (non-hydrogen) atoms. The van der Waals surface area contributed by atoms with Crippen molar-refractivity contribution in [1.29, 1.82) is 0 Å². The molecule has 1 aromatic rings. The van der Waals surface area contributed by atoms with Gasteiger partial charge in [-0.3, -0.25) is 0 Å². The number of rotatable bonds is 10. The number of benzene rings is 1. The molecule has 0 aromatic heterocycles. The molecular formula is C17H28O4. The topological polar surface area (TPSA) is 77.8 Å². The lowest BCUT2D eigenvalue weighted by Gasteiger charge is -1.99. The molecule has 0 saturated heterocycles. The lowest BCUT2D eigenvalue weighted by atomic mass is 10.1. The zero-order valence-corrected chi connectivity index (χ0v) is 12.7. The number of aromatic carboxylic acids is 1. The molecule has 0 atom stereocenters. The van der Waals surface area contributed by atoms with Gasteiger partial charge in [-0.05, 0) is 25.0 Å². The fourth-order valence-electron chi connectivity index (χ4n) is 1.86. The van der Waals surface area contributed by atoms with Crippen LogP contribution in [-0.2, 0) is 0 Å². The summed E-state index contributed by atoms with van der Waals surface area (Å²) in [5.74, 6) is -0.879. The fraction of sp³-hybridized carbons (Fsp3) is 0.588. The first-order chi connectivity index (χ1) is 10.2. The maximum Gasteiger partial charge on any atom is 0.335 e. The minimum atomic E-state index is -0.879. The number of unbranched alkanes of at least 4 members (excludes halogenated alkanes) is 7. The van der Waals surface area contributed by atoms with Crippen LogP contribution in [-0.4, -0.2) is 34.5 Å². The Morgan fingerprint density at radius 1 is 0.714 bits per heavy atom. The Kier molecular flexibility index (Phi) is 14.0. The normalized spacial score (nSPS) is 9.81. The number of carbonyl (C=O) groups is 1. The van der Waals surface area contributed by atoms with Crippen molar-refractivity contribution in [2.45, 2.75) is 51.4 Å². The molecule has 1 rings (SSSR count). The van der Waals surface area contributed by atoms with E-state index in [1.54, 1.807) is 30.3 Å². The van der Waals surface area contributed by atoms with Gasteiger partial charge in [-0.25, -0.2) is 4.79 Å². The summed E-state index contributed by atoms with van der Waals surface area (Å²) in [5, 5.41) is 25.4. The van der Waals surface area contributed by atoms with E-state index in [-0.39, 0.29) is 0 Å². The third kappa shape index (κ3) is 13.4. The summed E-state index contributed by atoms with van der Waals surface area (Å²) in [6, 6.07) is 8.30. The summed E-state index contributed by atoms with van der Waals surface area (Å²) in [5.41, 5.74) is 0.331. The third-order valence-electron chi connectivity index (χ3n) is 3.09. The van der Waals surface area contributed by atoms with Crippen LogP contribution in [0.5, 0.6) is 0 Å². The van der Waals surface area contributed by atoms with Crippen molar-refractivity contribution in [2.75, 3.05) is 13.2 Å². The van der Waals surface area contributed by atoms with Gasteiger partial charge in [0, 0.05) is 13.2 Å². The first-order valence-electron chi connectivity index (χ1n) is 7.72. The molecule has 0 spiro atoms. The highest BCUT2D eigenvalue weighted by Gasteiger charge is 1.96. The number of hydrogen-bond acceptors (Lipinski definition) is 3. The number of carboxylic acid groups (broad SMARTS) is 1. The van der Waals surface area contributed by atoms with Crippen LogP contribution in [0, 0.1) is 0 Å². The smallest absolute Gasteiger partial charge is 0.335 e. The van der Waals surface area contributed by atoms with E-state index < -0.39 is 5.97 Å². The number of carboxylic acids is 1. The summed E-state index contributed by atoms with van der Waals surface area (Å²) < 4.78 is 0. The van der Waals surface area contributed by atoms with Crippen molar-refractivity contribution in [3.05, 3.63) is 35.9 Å². The Hall–Kier alpha value is -1.39. The molecule has 0 aliphatic rings. The molecule has 0 unspecified atom stereocenters. The van der Waals surface area contributed by atoms with Crippen molar-refractivity contribution in [3.8, 4) is 0 Å². The molecular weight excluding hydrogens is 268 g/mol. The van der Waals surface area contributed by atoms with Crippen molar-refractivity contribution in [3.63, 3.8) is 0 Å². The highest BCUT2D eigenvalue weighted by molar-refractivity contribution is 5.87. The van der Waals surface area contributed by atoms with Gasteiger partial charge in [-0.1, -0.05) is 56.7 Å². The van der Waals surface area contributed by atoms with E-state index in [1.165, 1.54) is 25.7 Å². The van der Waals surface area contributed by atoms with Crippen LogP contribution >= 0.6 is 0 Å². The van der Waals surface area contributed by atoms with E-state index in [4.69, 9.17) is 15.3 Å². The van der Waals surface area contributed by atoms with E-state index in [0.29, 0.717) is 18.8 Å². The van der Waals surface area contributed by atoms with Gasteiger partial charge in [0.2, 0.25) is 0 Å². The predicted molar refractivity (Wildman–Crippen MR) is 84.5 cm³/mol. The Morgan fingerprint density at radius 2 is 1.10 bits per heavy atom. The molecule has 0 aliphatic carbocycles. The third-order valence-corrected chi connectivity index (χ3v) is 3.09. The molecule has 4 nitrogen and oxygen atoms in total. The first-order valence-corrected chi connectivity index (χ1v) is 7.72. The summed E-state index contributed by atoms with van der Waals surface area (Å²) in [7, 11) is 0.